The standard InChI is InChI=1S/C12H11F3INO/c1-7(3-8(2)18)17-11-5-9(12(13,14)15)4-10(16)6-11/h3-6,17H,1-2H3/b7-3+. The largest absolute Gasteiger partial charge is 0.416 e. The number of hydrogen-bond donors (Lipinski definition) is 1. The summed E-state index contributed by atoms with van der Waals surface area (Å²) in [4.78, 5) is 10.8. The van der Waals surface area contributed by atoms with Gasteiger partial charge in [0.1, 0.15) is 0 Å². The summed E-state index contributed by atoms with van der Waals surface area (Å²) in [5.74, 6) is -0.165. The van der Waals surface area contributed by atoms with Gasteiger partial charge in [-0.15, -0.1) is 0 Å². The van der Waals surface area contributed by atoms with Crippen LogP contribution >= 0.6 is 22.6 Å². The van der Waals surface area contributed by atoms with Crippen LogP contribution < -0.4 is 5.32 Å². The van der Waals surface area contributed by atoms with Crippen molar-refractivity contribution in [1.82, 2.24) is 0 Å². The number of rotatable bonds is 3. The van der Waals surface area contributed by atoms with Crippen LogP contribution in [0.25, 0.3) is 0 Å². The van der Waals surface area contributed by atoms with Crippen LogP contribution in [-0.2, 0) is 11.0 Å². The number of allylic oxidation sites excluding steroid dienone is 2. The second-order valence-electron chi connectivity index (χ2n) is 3.79. The topological polar surface area (TPSA) is 29.1 Å². The Morgan fingerprint density at radius 2 is 1.89 bits per heavy atom. The fourth-order valence-corrected chi connectivity index (χ4v) is 2.07. The van der Waals surface area contributed by atoms with Crippen LogP contribution in [0, 0.1) is 3.57 Å². The Labute approximate surface area is 116 Å². The van der Waals surface area contributed by atoms with Crippen LogP contribution in [0.1, 0.15) is 19.4 Å². The van der Waals surface area contributed by atoms with E-state index < -0.39 is 11.7 Å². The normalized spacial score (nSPS) is 12.4. The van der Waals surface area contributed by atoms with Crippen LogP contribution in [0.2, 0.25) is 0 Å². The zero-order valence-corrected chi connectivity index (χ0v) is 11.9. The second-order valence-corrected chi connectivity index (χ2v) is 5.03. The summed E-state index contributed by atoms with van der Waals surface area (Å²) in [5, 5.41) is 2.76. The molecule has 0 radical (unpaired) electrons. The number of carbonyl (C=O) groups excluding carboxylic acids is 1. The van der Waals surface area contributed by atoms with E-state index in [1.54, 1.807) is 13.0 Å². The number of halogens is 4. The molecule has 98 valence electrons. The molecule has 0 spiro atoms. The Morgan fingerprint density at radius 1 is 1.28 bits per heavy atom. The van der Waals surface area contributed by atoms with Gasteiger partial charge in [-0.25, -0.2) is 0 Å². The molecule has 6 heteroatoms. The summed E-state index contributed by atoms with van der Waals surface area (Å²) in [7, 11) is 0. The van der Waals surface area contributed by atoms with Crippen molar-refractivity contribution in [1.29, 1.82) is 0 Å². The summed E-state index contributed by atoms with van der Waals surface area (Å²) >= 11 is 1.82. The van der Waals surface area contributed by atoms with Crippen molar-refractivity contribution in [3.05, 3.63) is 39.1 Å². The van der Waals surface area contributed by atoms with Crippen molar-refractivity contribution in [3.63, 3.8) is 0 Å². The summed E-state index contributed by atoms with van der Waals surface area (Å²) in [6.45, 7) is 3.00. The second kappa shape index (κ2) is 5.73. The van der Waals surface area contributed by atoms with Gasteiger partial charge in [0.2, 0.25) is 0 Å². The van der Waals surface area contributed by atoms with Crippen LogP contribution in [0.5, 0.6) is 0 Å². The van der Waals surface area contributed by atoms with Crippen LogP contribution in [-0.4, -0.2) is 5.78 Å². The van der Waals surface area contributed by atoms with Crippen LogP contribution in [0.15, 0.2) is 30.0 Å². The number of ketones is 1. The molecule has 0 bridgehead atoms. The van der Waals surface area contributed by atoms with Gasteiger partial charge in [-0.05, 0) is 60.7 Å². The molecule has 1 rings (SSSR count). The average Bonchev–Trinajstić information content (AvgIpc) is 2.13. The maximum absolute atomic E-state index is 12.6. The van der Waals surface area contributed by atoms with Gasteiger partial charge in [0, 0.05) is 15.0 Å². The first-order chi connectivity index (χ1) is 8.18. The van der Waals surface area contributed by atoms with E-state index in [4.69, 9.17) is 0 Å². The quantitative estimate of drug-likeness (QED) is 0.639. The minimum Gasteiger partial charge on any atom is -0.359 e. The minimum atomic E-state index is -4.38. The van der Waals surface area contributed by atoms with Gasteiger partial charge < -0.3 is 5.32 Å². The van der Waals surface area contributed by atoms with E-state index in [9.17, 15) is 18.0 Å². The van der Waals surface area contributed by atoms with Gasteiger partial charge in [-0.2, -0.15) is 13.2 Å². The summed E-state index contributed by atoms with van der Waals surface area (Å²) in [6.07, 6.45) is -3.05. The number of benzene rings is 1. The monoisotopic (exact) mass is 369 g/mol. The molecule has 18 heavy (non-hydrogen) atoms. The van der Waals surface area contributed by atoms with E-state index in [0.29, 0.717) is 15.0 Å². The minimum absolute atomic E-state index is 0.165. The molecule has 0 aromatic heterocycles. The highest BCUT2D eigenvalue weighted by Gasteiger charge is 2.31. The van der Waals surface area contributed by atoms with Gasteiger partial charge in [-0.1, -0.05) is 0 Å². The summed E-state index contributed by atoms with van der Waals surface area (Å²) < 4.78 is 38.3. The third-order valence-electron chi connectivity index (χ3n) is 1.99. The fraction of sp³-hybridized carbons (Fsp3) is 0.250. The SMILES string of the molecule is CC(=O)/C=C(\C)Nc1cc(I)cc(C(F)(F)F)c1. The van der Waals surface area contributed by atoms with E-state index >= 15 is 0 Å². The molecule has 0 aliphatic heterocycles. The molecule has 0 amide bonds. The Hall–Kier alpha value is -1.05. The highest BCUT2D eigenvalue weighted by molar-refractivity contribution is 14.1. The molecule has 1 N–H and O–H groups in total. The average molecular weight is 369 g/mol. The molecule has 0 aliphatic carbocycles. The lowest BCUT2D eigenvalue weighted by atomic mass is 10.2. The lowest BCUT2D eigenvalue weighted by Crippen LogP contribution is -2.07. The molecule has 0 saturated carbocycles. The first-order valence-electron chi connectivity index (χ1n) is 5.02. The molecule has 2 nitrogen and oxygen atoms in total. The lowest BCUT2D eigenvalue weighted by molar-refractivity contribution is -0.137. The van der Waals surface area contributed by atoms with Crippen molar-refractivity contribution in [2.45, 2.75) is 20.0 Å². The van der Waals surface area contributed by atoms with Gasteiger partial charge in [0.15, 0.2) is 5.78 Å². The lowest BCUT2D eigenvalue weighted by Gasteiger charge is -2.12. The van der Waals surface area contributed by atoms with Gasteiger partial charge in [-0.3, -0.25) is 4.79 Å². The molecule has 0 aliphatic rings. The van der Waals surface area contributed by atoms with Crippen LogP contribution in [0.3, 0.4) is 0 Å². The molecule has 0 atom stereocenters. The number of carbonyl (C=O) groups is 1. The van der Waals surface area contributed by atoms with Crippen molar-refractivity contribution in [3.8, 4) is 0 Å². The Balaban J connectivity index is 3.04. The van der Waals surface area contributed by atoms with Gasteiger partial charge in [0.05, 0.1) is 5.56 Å². The van der Waals surface area contributed by atoms with Gasteiger partial charge >= 0.3 is 6.18 Å². The molecule has 0 unspecified atom stereocenters. The smallest absolute Gasteiger partial charge is 0.359 e. The zero-order chi connectivity index (χ0) is 13.9. The number of alkyl halides is 3. The molecule has 1 aromatic carbocycles. The van der Waals surface area contributed by atoms with E-state index in [1.807, 2.05) is 22.6 Å². The first-order valence-corrected chi connectivity index (χ1v) is 6.10. The molecule has 0 fully saturated rings. The van der Waals surface area contributed by atoms with E-state index in [1.165, 1.54) is 13.0 Å². The van der Waals surface area contributed by atoms with Crippen molar-refractivity contribution >= 4 is 34.1 Å². The van der Waals surface area contributed by atoms with Crippen molar-refractivity contribution in [2.75, 3.05) is 5.32 Å². The van der Waals surface area contributed by atoms with Crippen molar-refractivity contribution in [2.24, 2.45) is 0 Å². The highest BCUT2D eigenvalue weighted by atomic mass is 127. The molecule has 0 saturated heterocycles. The third-order valence-corrected chi connectivity index (χ3v) is 2.61. The number of hydrogen-bond acceptors (Lipinski definition) is 2. The third kappa shape index (κ3) is 4.67. The molecule has 0 heterocycles. The first kappa shape index (κ1) is 15.0. The summed E-state index contributed by atoms with van der Waals surface area (Å²) in [6, 6.07) is 3.66. The van der Waals surface area contributed by atoms with E-state index in [2.05, 4.69) is 5.32 Å². The summed E-state index contributed by atoms with van der Waals surface area (Å²) in [5.41, 5.74) is 0.0920. The van der Waals surface area contributed by atoms with E-state index in [0.717, 1.165) is 12.1 Å². The predicted molar refractivity (Wildman–Crippen MR) is 72.2 cm³/mol. The van der Waals surface area contributed by atoms with Crippen LogP contribution in [0.4, 0.5) is 18.9 Å². The Bertz CT molecular complexity index is 495. The predicted octanol–water partition coefficient (Wildman–Crippen LogP) is 4.21. The zero-order valence-electron chi connectivity index (χ0n) is 9.73. The van der Waals surface area contributed by atoms with Crippen molar-refractivity contribution < 1.29 is 18.0 Å². The van der Waals surface area contributed by atoms with E-state index in [-0.39, 0.29) is 5.78 Å². The Morgan fingerprint density at radius 3 is 2.39 bits per heavy atom. The molecular weight excluding hydrogens is 358 g/mol. The number of anilines is 1. The fourth-order valence-electron chi connectivity index (χ4n) is 1.39. The molecule has 1 aromatic rings. The maximum atomic E-state index is 12.6. The number of nitrogens with one attached hydrogen (secondary N) is 1. The van der Waals surface area contributed by atoms with Gasteiger partial charge in [0.25, 0.3) is 0 Å². The maximum Gasteiger partial charge on any atom is 0.416 e. The highest BCUT2D eigenvalue weighted by Crippen LogP contribution is 2.32. The molecular formula is C12H11F3INO. The Kier molecular flexibility index (Phi) is 4.78.